The van der Waals surface area contributed by atoms with Gasteiger partial charge in [0, 0.05) is 17.3 Å². The van der Waals surface area contributed by atoms with Crippen molar-refractivity contribution in [1.82, 2.24) is 5.16 Å². The predicted molar refractivity (Wildman–Crippen MR) is 109 cm³/mol. The lowest BCUT2D eigenvalue weighted by Crippen LogP contribution is -2.14. The molecule has 2 N–H and O–H groups in total. The third-order valence-corrected chi connectivity index (χ3v) is 5.13. The SMILES string of the molecule is Cc1cc(NS(=O)(=O)c2ccc(NC(=O)c3cccc(OC(C)C)c3)cc2)no1. The van der Waals surface area contributed by atoms with Gasteiger partial charge < -0.3 is 14.6 Å². The van der Waals surface area contributed by atoms with Crippen molar-refractivity contribution in [2.24, 2.45) is 0 Å². The van der Waals surface area contributed by atoms with E-state index in [1.807, 2.05) is 13.8 Å². The van der Waals surface area contributed by atoms with Crippen molar-refractivity contribution in [2.75, 3.05) is 10.0 Å². The van der Waals surface area contributed by atoms with Crippen molar-refractivity contribution in [3.63, 3.8) is 0 Å². The van der Waals surface area contributed by atoms with E-state index in [1.54, 1.807) is 31.2 Å². The molecule has 2 aromatic carbocycles. The van der Waals surface area contributed by atoms with Crippen LogP contribution in [0.4, 0.5) is 11.5 Å². The minimum atomic E-state index is -3.82. The monoisotopic (exact) mass is 415 g/mol. The molecular weight excluding hydrogens is 394 g/mol. The second kappa shape index (κ2) is 8.36. The Hall–Kier alpha value is -3.33. The average Bonchev–Trinajstić information content (AvgIpc) is 3.06. The Bertz CT molecular complexity index is 1110. The quantitative estimate of drug-likeness (QED) is 0.607. The third kappa shape index (κ3) is 5.35. The Morgan fingerprint density at radius 3 is 2.45 bits per heavy atom. The first kappa shape index (κ1) is 20.4. The molecule has 0 unspecified atom stereocenters. The molecule has 0 aliphatic heterocycles. The number of rotatable bonds is 7. The molecule has 152 valence electrons. The van der Waals surface area contributed by atoms with E-state index in [9.17, 15) is 13.2 Å². The van der Waals surface area contributed by atoms with Gasteiger partial charge in [0.05, 0.1) is 11.0 Å². The number of aromatic nitrogens is 1. The summed E-state index contributed by atoms with van der Waals surface area (Å²) in [4.78, 5) is 12.5. The maximum atomic E-state index is 12.5. The second-order valence-electron chi connectivity index (χ2n) is 6.60. The molecule has 3 rings (SSSR count). The predicted octanol–water partition coefficient (Wildman–Crippen LogP) is 3.82. The number of nitrogens with one attached hydrogen (secondary N) is 2. The molecule has 0 aliphatic rings. The molecule has 0 saturated carbocycles. The first-order chi connectivity index (χ1) is 13.7. The molecule has 0 atom stereocenters. The second-order valence-corrected chi connectivity index (χ2v) is 8.28. The van der Waals surface area contributed by atoms with Gasteiger partial charge in [-0.3, -0.25) is 9.52 Å². The zero-order chi connectivity index (χ0) is 21.0. The zero-order valence-corrected chi connectivity index (χ0v) is 17.0. The number of anilines is 2. The highest BCUT2D eigenvalue weighted by Crippen LogP contribution is 2.20. The summed E-state index contributed by atoms with van der Waals surface area (Å²) in [7, 11) is -3.82. The summed E-state index contributed by atoms with van der Waals surface area (Å²) in [6.07, 6.45) is -0.00224. The molecular formula is C20H21N3O5S. The fourth-order valence-corrected chi connectivity index (χ4v) is 3.50. The van der Waals surface area contributed by atoms with Crippen molar-refractivity contribution < 1.29 is 22.5 Å². The van der Waals surface area contributed by atoms with Crippen LogP contribution in [0.25, 0.3) is 0 Å². The van der Waals surface area contributed by atoms with Gasteiger partial charge in [0.1, 0.15) is 11.5 Å². The Kier molecular flexibility index (Phi) is 5.88. The van der Waals surface area contributed by atoms with Gasteiger partial charge in [0.25, 0.3) is 15.9 Å². The van der Waals surface area contributed by atoms with Crippen LogP contribution in [0.15, 0.2) is 64.0 Å². The van der Waals surface area contributed by atoms with E-state index in [0.29, 0.717) is 22.8 Å². The number of benzene rings is 2. The number of nitrogens with zero attached hydrogens (tertiary/aromatic N) is 1. The first-order valence-corrected chi connectivity index (χ1v) is 10.4. The normalized spacial score (nSPS) is 11.3. The lowest BCUT2D eigenvalue weighted by Gasteiger charge is -2.11. The molecule has 1 aromatic heterocycles. The summed E-state index contributed by atoms with van der Waals surface area (Å²) in [5, 5.41) is 6.34. The standard InChI is InChI=1S/C20H21N3O5S/c1-13(2)27-17-6-4-5-15(12-17)20(24)21-16-7-9-18(10-8-16)29(25,26)23-19-11-14(3)28-22-19/h4-13H,1-3H3,(H,21,24)(H,22,23). The van der Waals surface area contributed by atoms with Gasteiger partial charge in [-0.25, -0.2) is 8.42 Å². The summed E-state index contributed by atoms with van der Waals surface area (Å²) < 4.78 is 37.6. The summed E-state index contributed by atoms with van der Waals surface area (Å²) in [5.74, 6) is 0.862. The van der Waals surface area contributed by atoms with E-state index in [0.717, 1.165) is 0 Å². The number of hydrogen-bond acceptors (Lipinski definition) is 6. The molecule has 0 saturated heterocycles. The van der Waals surface area contributed by atoms with Gasteiger partial charge in [0.2, 0.25) is 0 Å². The number of carbonyl (C=O) groups is 1. The maximum Gasteiger partial charge on any atom is 0.263 e. The van der Waals surface area contributed by atoms with Crippen LogP contribution < -0.4 is 14.8 Å². The number of hydrogen-bond donors (Lipinski definition) is 2. The first-order valence-electron chi connectivity index (χ1n) is 8.87. The molecule has 0 aliphatic carbocycles. The van der Waals surface area contributed by atoms with Gasteiger partial charge in [-0.15, -0.1) is 0 Å². The summed E-state index contributed by atoms with van der Waals surface area (Å²) in [6.45, 7) is 5.47. The van der Waals surface area contributed by atoms with E-state index in [-0.39, 0.29) is 22.7 Å². The van der Waals surface area contributed by atoms with Crippen LogP contribution in [0.2, 0.25) is 0 Å². The van der Waals surface area contributed by atoms with E-state index in [4.69, 9.17) is 9.26 Å². The van der Waals surface area contributed by atoms with E-state index in [1.165, 1.54) is 30.3 Å². The summed E-state index contributed by atoms with van der Waals surface area (Å²) in [5.41, 5.74) is 0.893. The summed E-state index contributed by atoms with van der Waals surface area (Å²) >= 11 is 0. The molecule has 9 heteroatoms. The Labute approximate surface area is 168 Å². The van der Waals surface area contributed by atoms with Crippen LogP contribution in [-0.4, -0.2) is 25.6 Å². The molecule has 29 heavy (non-hydrogen) atoms. The van der Waals surface area contributed by atoms with E-state index in [2.05, 4.69) is 15.2 Å². The number of aryl methyl sites for hydroxylation is 1. The van der Waals surface area contributed by atoms with Crippen LogP contribution in [0, 0.1) is 6.92 Å². The highest BCUT2D eigenvalue weighted by atomic mass is 32.2. The average molecular weight is 415 g/mol. The molecule has 1 heterocycles. The number of ether oxygens (including phenoxy) is 1. The molecule has 0 spiro atoms. The van der Waals surface area contributed by atoms with Crippen molar-refractivity contribution in [3.8, 4) is 5.75 Å². The van der Waals surface area contributed by atoms with Crippen LogP contribution in [0.5, 0.6) is 5.75 Å². The van der Waals surface area contributed by atoms with Crippen LogP contribution >= 0.6 is 0 Å². The lowest BCUT2D eigenvalue weighted by molar-refractivity contribution is 0.102. The molecule has 0 radical (unpaired) electrons. The van der Waals surface area contributed by atoms with Gasteiger partial charge >= 0.3 is 0 Å². The maximum absolute atomic E-state index is 12.5. The van der Waals surface area contributed by atoms with Crippen molar-refractivity contribution in [3.05, 3.63) is 65.9 Å². The highest BCUT2D eigenvalue weighted by Gasteiger charge is 2.16. The van der Waals surface area contributed by atoms with Gasteiger partial charge in [-0.1, -0.05) is 11.2 Å². The fourth-order valence-electron chi connectivity index (χ4n) is 2.51. The van der Waals surface area contributed by atoms with E-state index < -0.39 is 10.0 Å². The Morgan fingerprint density at radius 1 is 1.10 bits per heavy atom. The Balaban J connectivity index is 1.69. The van der Waals surface area contributed by atoms with Crippen molar-refractivity contribution in [1.29, 1.82) is 0 Å². The minimum Gasteiger partial charge on any atom is -0.491 e. The smallest absolute Gasteiger partial charge is 0.263 e. The zero-order valence-electron chi connectivity index (χ0n) is 16.2. The van der Waals surface area contributed by atoms with Gasteiger partial charge in [-0.05, 0) is 63.2 Å². The van der Waals surface area contributed by atoms with Gasteiger partial charge in [-0.2, -0.15) is 0 Å². The lowest BCUT2D eigenvalue weighted by atomic mass is 10.2. The molecule has 1 amide bonds. The van der Waals surface area contributed by atoms with Crippen LogP contribution in [0.3, 0.4) is 0 Å². The van der Waals surface area contributed by atoms with Crippen LogP contribution in [0.1, 0.15) is 30.0 Å². The summed E-state index contributed by atoms with van der Waals surface area (Å²) in [6, 6.07) is 14.1. The number of amides is 1. The topological polar surface area (TPSA) is 111 Å². The minimum absolute atomic E-state index is 0.00224. The van der Waals surface area contributed by atoms with Crippen LogP contribution in [-0.2, 0) is 10.0 Å². The third-order valence-electron chi connectivity index (χ3n) is 3.76. The van der Waals surface area contributed by atoms with Crippen molar-refractivity contribution in [2.45, 2.75) is 31.8 Å². The van der Waals surface area contributed by atoms with Crippen molar-refractivity contribution >= 4 is 27.4 Å². The number of sulfonamides is 1. The van der Waals surface area contributed by atoms with E-state index >= 15 is 0 Å². The van der Waals surface area contributed by atoms with Gasteiger partial charge in [0.15, 0.2) is 5.82 Å². The molecule has 3 aromatic rings. The molecule has 0 fully saturated rings. The largest absolute Gasteiger partial charge is 0.491 e. The fraction of sp³-hybridized carbons (Fsp3) is 0.200. The number of carbonyl (C=O) groups excluding carboxylic acids is 1. The molecule has 8 nitrogen and oxygen atoms in total. The molecule has 0 bridgehead atoms. The Morgan fingerprint density at radius 2 is 1.83 bits per heavy atom. The highest BCUT2D eigenvalue weighted by molar-refractivity contribution is 7.92.